The van der Waals surface area contributed by atoms with Gasteiger partial charge >= 0.3 is 0 Å². The van der Waals surface area contributed by atoms with Crippen molar-refractivity contribution in [3.8, 4) is 0 Å². The minimum Gasteiger partial charge on any atom is -0.392 e. The molecule has 0 aliphatic heterocycles. The minimum absolute atomic E-state index is 0.158. The lowest BCUT2D eigenvalue weighted by Gasteiger charge is -2.33. The predicted molar refractivity (Wildman–Crippen MR) is 81.2 cm³/mol. The Kier molecular flexibility index (Phi) is 5.04. The molecule has 2 rings (SSSR count). The van der Waals surface area contributed by atoms with Gasteiger partial charge in [0.25, 0.3) is 0 Å². The molecule has 1 fully saturated rings. The van der Waals surface area contributed by atoms with Crippen LogP contribution in [0, 0.1) is 24.7 Å². The Morgan fingerprint density at radius 1 is 1.05 bits per heavy atom. The van der Waals surface area contributed by atoms with Crippen LogP contribution in [0.3, 0.4) is 0 Å². The smallest absolute Gasteiger partial charge is 0.0608 e. The van der Waals surface area contributed by atoms with E-state index < -0.39 is 0 Å². The topological polar surface area (TPSA) is 20.2 Å². The molecule has 1 N–H and O–H groups in total. The molecule has 0 saturated heterocycles. The van der Waals surface area contributed by atoms with Crippen LogP contribution < -0.4 is 0 Å². The molecular weight excluding hydrogens is 232 g/mol. The van der Waals surface area contributed by atoms with Crippen LogP contribution in [0.2, 0.25) is 0 Å². The van der Waals surface area contributed by atoms with E-state index in [0.29, 0.717) is 5.92 Å². The van der Waals surface area contributed by atoms with Crippen molar-refractivity contribution >= 4 is 0 Å². The predicted octanol–water partition coefficient (Wildman–Crippen LogP) is 4.36. The lowest BCUT2D eigenvalue weighted by atomic mass is 9.74. The summed E-state index contributed by atoms with van der Waals surface area (Å²) in [6.07, 6.45) is 5.67. The van der Waals surface area contributed by atoms with Gasteiger partial charge in [0, 0.05) is 0 Å². The highest BCUT2D eigenvalue weighted by Crippen LogP contribution is 2.35. The van der Waals surface area contributed by atoms with Crippen molar-refractivity contribution in [1.29, 1.82) is 0 Å². The van der Waals surface area contributed by atoms with Gasteiger partial charge in [-0.25, -0.2) is 0 Å². The minimum atomic E-state index is -0.158. The lowest BCUT2D eigenvalue weighted by Crippen LogP contribution is -2.29. The first kappa shape index (κ1) is 14.6. The van der Waals surface area contributed by atoms with Crippen molar-refractivity contribution in [2.75, 3.05) is 0 Å². The van der Waals surface area contributed by atoms with E-state index >= 15 is 0 Å². The number of aliphatic hydroxyl groups excluding tert-OH is 1. The summed E-state index contributed by atoms with van der Waals surface area (Å²) in [5.41, 5.74) is 2.61. The van der Waals surface area contributed by atoms with E-state index in [1.807, 2.05) is 0 Å². The Bertz CT molecular complexity index is 388. The van der Waals surface area contributed by atoms with Gasteiger partial charge in [-0.1, -0.05) is 38.1 Å². The summed E-state index contributed by atoms with van der Waals surface area (Å²) >= 11 is 0. The number of aliphatic hydroxyl groups is 1. The number of hydrogen-bond donors (Lipinski definition) is 1. The van der Waals surface area contributed by atoms with E-state index in [0.717, 1.165) is 18.3 Å². The fourth-order valence-corrected chi connectivity index (χ4v) is 3.43. The third kappa shape index (κ3) is 3.82. The van der Waals surface area contributed by atoms with E-state index in [1.165, 1.54) is 36.8 Å². The van der Waals surface area contributed by atoms with Crippen LogP contribution in [0.25, 0.3) is 0 Å². The van der Waals surface area contributed by atoms with Gasteiger partial charge in [0.15, 0.2) is 0 Å². The molecule has 0 aromatic heterocycles. The zero-order valence-electron chi connectivity index (χ0n) is 12.6. The summed E-state index contributed by atoms with van der Waals surface area (Å²) in [5.74, 6) is 2.19. The van der Waals surface area contributed by atoms with E-state index in [-0.39, 0.29) is 6.10 Å². The van der Waals surface area contributed by atoms with Gasteiger partial charge in [0.1, 0.15) is 0 Å². The Morgan fingerprint density at radius 2 is 1.63 bits per heavy atom. The fraction of sp³-hybridized carbons (Fsp3) is 0.667. The van der Waals surface area contributed by atoms with Gasteiger partial charge < -0.3 is 5.11 Å². The zero-order valence-corrected chi connectivity index (χ0v) is 12.6. The first-order valence-electron chi connectivity index (χ1n) is 7.80. The molecule has 1 unspecified atom stereocenters. The Balaban J connectivity index is 1.88. The molecule has 106 valence electrons. The first-order chi connectivity index (χ1) is 9.08. The molecule has 0 bridgehead atoms. The quantitative estimate of drug-likeness (QED) is 0.852. The summed E-state index contributed by atoms with van der Waals surface area (Å²) in [4.78, 5) is 0. The molecule has 1 aromatic rings. The molecule has 1 aliphatic carbocycles. The average Bonchev–Trinajstić information content (AvgIpc) is 2.41. The largest absolute Gasteiger partial charge is 0.392 e. The van der Waals surface area contributed by atoms with Gasteiger partial charge in [-0.15, -0.1) is 0 Å². The second-order valence-electron chi connectivity index (χ2n) is 6.62. The molecule has 1 saturated carbocycles. The van der Waals surface area contributed by atoms with Gasteiger partial charge in [-0.3, -0.25) is 0 Å². The van der Waals surface area contributed by atoms with Crippen LogP contribution in [-0.2, 0) is 6.42 Å². The van der Waals surface area contributed by atoms with Crippen molar-refractivity contribution in [1.82, 2.24) is 0 Å². The van der Waals surface area contributed by atoms with Crippen LogP contribution in [0.4, 0.5) is 0 Å². The normalized spacial score (nSPS) is 25.5. The SMILES string of the molecule is Cc1ccccc1CC(O)C1CCC(C(C)C)CC1. The maximum absolute atomic E-state index is 10.5. The molecule has 1 aromatic carbocycles. The van der Waals surface area contributed by atoms with Crippen molar-refractivity contribution in [2.45, 2.75) is 59.0 Å². The number of rotatable bonds is 4. The van der Waals surface area contributed by atoms with E-state index in [1.54, 1.807) is 0 Å². The van der Waals surface area contributed by atoms with Crippen LogP contribution in [0.1, 0.15) is 50.7 Å². The van der Waals surface area contributed by atoms with Gasteiger partial charge in [-0.2, -0.15) is 0 Å². The van der Waals surface area contributed by atoms with Crippen LogP contribution in [0.5, 0.6) is 0 Å². The Hall–Kier alpha value is -0.820. The summed E-state index contributed by atoms with van der Waals surface area (Å²) in [7, 11) is 0. The number of benzene rings is 1. The molecule has 1 heteroatoms. The van der Waals surface area contributed by atoms with Crippen LogP contribution in [0.15, 0.2) is 24.3 Å². The van der Waals surface area contributed by atoms with E-state index in [2.05, 4.69) is 45.0 Å². The molecule has 0 heterocycles. The monoisotopic (exact) mass is 260 g/mol. The molecule has 0 amide bonds. The Morgan fingerprint density at radius 3 is 2.21 bits per heavy atom. The first-order valence-corrected chi connectivity index (χ1v) is 7.80. The van der Waals surface area contributed by atoms with Crippen molar-refractivity contribution < 1.29 is 5.11 Å². The average molecular weight is 260 g/mol. The van der Waals surface area contributed by atoms with E-state index in [9.17, 15) is 5.11 Å². The second-order valence-corrected chi connectivity index (χ2v) is 6.62. The molecular formula is C18H28O. The highest BCUT2D eigenvalue weighted by molar-refractivity contribution is 5.26. The van der Waals surface area contributed by atoms with Gasteiger partial charge in [0.2, 0.25) is 0 Å². The fourth-order valence-electron chi connectivity index (χ4n) is 3.43. The van der Waals surface area contributed by atoms with Crippen molar-refractivity contribution in [3.63, 3.8) is 0 Å². The maximum atomic E-state index is 10.5. The zero-order chi connectivity index (χ0) is 13.8. The van der Waals surface area contributed by atoms with Crippen LogP contribution >= 0.6 is 0 Å². The third-order valence-electron chi connectivity index (χ3n) is 4.99. The third-order valence-corrected chi connectivity index (χ3v) is 4.99. The van der Waals surface area contributed by atoms with Crippen LogP contribution in [-0.4, -0.2) is 11.2 Å². The summed E-state index contributed by atoms with van der Waals surface area (Å²) in [6, 6.07) is 8.43. The highest BCUT2D eigenvalue weighted by atomic mass is 16.3. The summed E-state index contributed by atoms with van der Waals surface area (Å²) in [5, 5.41) is 10.5. The van der Waals surface area contributed by atoms with Crippen molar-refractivity contribution in [2.24, 2.45) is 17.8 Å². The number of aryl methyl sites for hydroxylation is 1. The summed E-state index contributed by atoms with van der Waals surface area (Å²) < 4.78 is 0. The van der Waals surface area contributed by atoms with Gasteiger partial charge in [-0.05, 0) is 67.9 Å². The van der Waals surface area contributed by atoms with Crippen molar-refractivity contribution in [3.05, 3.63) is 35.4 Å². The molecule has 1 nitrogen and oxygen atoms in total. The molecule has 0 spiro atoms. The molecule has 0 radical (unpaired) electrons. The van der Waals surface area contributed by atoms with E-state index in [4.69, 9.17) is 0 Å². The Labute approximate surface area is 118 Å². The molecule has 1 aliphatic rings. The number of hydrogen-bond acceptors (Lipinski definition) is 1. The standard InChI is InChI=1S/C18H28O/c1-13(2)15-8-10-16(11-9-15)18(19)12-17-7-5-4-6-14(17)3/h4-7,13,15-16,18-19H,8-12H2,1-3H3. The second kappa shape index (κ2) is 6.56. The van der Waals surface area contributed by atoms with Gasteiger partial charge in [0.05, 0.1) is 6.10 Å². The highest BCUT2D eigenvalue weighted by Gasteiger charge is 2.27. The maximum Gasteiger partial charge on any atom is 0.0608 e. The lowest BCUT2D eigenvalue weighted by molar-refractivity contribution is 0.0674. The molecule has 1 atom stereocenters. The molecule has 19 heavy (non-hydrogen) atoms. The summed E-state index contributed by atoms with van der Waals surface area (Å²) in [6.45, 7) is 6.79.